The van der Waals surface area contributed by atoms with Crippen LogP contribution >= 0.6 is 11.6 Å². The lowest BCUT2D eigenvalue weighted by molar-refractivity contribution is 0.535. The van der Waals surface area contributed by atoms with Crippen molar-refractivity contribution < 1.29 is 0 Å². The maximum atomic E-state index is 6.12. The van der Waals surface area contributed by atoms with Crippen LogP contribution in [0.4, 0.5) is 0 Å². The fourth-order valence-electron chi connectivity index (χ4n) is 1.77. The Morgan fingerprint density at radius 2 is 2.29 bits per heavy atom. The topological polar surface area (TPSA) is 68.8 Å². The monoisotopic (exact) mass is 251 g/mol. The SMILES string of the molecule is CCn1nccc1C(NN)c1ncccc1Cl. The Hall–Kier alpha value is -1.43. The van der Waals surface area contributed by atoms with Gasteiger partial charge in [0.2, 0.25) is 0 Å². The van der Waals surface area contributed by atoms with Crippen LogP contribution in [0.1, 0.15) is 24.4 Å². The molecule has 0 amide bonds. The first-order valence-corrected chi connectivity index (χ1v) is 5.74. The average Bonchev–Trinajstić information content (AvgIpc) is 2.81. The van der Waals surface area contributed by atoms with E-state index in [1.165, 1.54) is 0 Å². The van der Waals surface area contributed by atoms with Crippen molar-refractivity contribution in [3.05, 3.63) is 47.0 Å². The Bertz CT molecular complexity index is 496. The lowest BCUT2D eigenvalue weighted by atomic mass is 10.1. The fourth-order valence-corrected chi connectivity index (χ4v) is 2.00. The van der Waals surface area contributed by atoms with Gasteiger partial charge >= 0.3 is 0 Å². The number of hydrogen-bond acceptors (Lipinski definition) is 4. The van der Waals surface area contributed by atoms with Gasteiger partial charge in [0.25, 0.3) is 0 Å². The van der Waals surface area contributed by atoms with Crippen molar-refractivity contribution >= 4 is 11.6 Å². The van der Waals surface area contributed by atoms with E-state index >= 15 is 0 Å². The molecule has 6 heteroatoms. The van der Waals surface area contributed by atoms with Gasteiger partial charge in [-0.3, -0.25) is 15.5 Å². The molecule has 2 rings (SSSR count). The lowest BCUT2D eigenvalue weighted by Crippen LogP contribution is -2.31. The molecule has 2 aromatic rings. The van der Waals surface area contributed by atoms with Crippen LogP contribution in [0, 0.1) is 0 Å². The third-order valence-corrected chi connectivity index (χ3v) is 2.89. The van der Waals surface area contributed by atoms with Gasteiger partial charge in [0, 0.05) is 18.9 Å². The number of rotatable bonds is 4. The van der Waals surface area contributed by atoms with Crippen LogP contribution in [0.2, 0.25) is 5.02 Å². The van der Waals surface area contributed by atoms with E-state index in [1.807, 2.05) is 17.7 Å². The Kier molecular flexibility index (Phi) is 3.73. The van der Waals surface area contributed by atoms with E-state index in [1.54, 1.807) is 24.5 Å². The number of hydrazine groups is 1. The van der Waals surface area contributed by atoms with E-state index < -0.39 is 0 Å². The average molecular weight is 252 g/mol. The molecule has 0 spiro atoms. The molecule has 5 nitrogen and oxygen atoms in total. The summed E-state index contributed by atoms with van der Waals surface area (Å²) in [5.74, 6) is 5.60. The molecule has 2 aromatic heterocycles. The van der Waals surface area contributed by atoms with E-state index in [2.05, 4.69) is 15.5 Å². The normalized spacial score (nSPS) is 12.6. The van der Waals surface area contributed by atoms with Crippen LogP contribution in [-0.2, 0) is 6.54 Å². The second-order valence-electron chi connectivity index (χ2n) is 3.54. The summed E-state index contributed by atoms with van der Waals surface area (Å²) in [6.45, 7) is 2.79. The van der Waals surface area contributed by atoms with Crippen LogP contribution in [0.15, 0.2) is 30.6 Å². The second kappa shape index (κ2) is 5.27. The Balaban J connectivity index is 2.44. The lowest BCUT2D eigenvalue weighted by Gasteiger charge is -2.17. The first-order valence-electron chi connectivity index (χ1n) is 5.36. The van der Waals surface area contributed by atoms with Crippen LogP contribution in [0.25, 0.3) is 0 Å². The Labute approximate surface area is 105 Å². The summed E-state index contributed by atoms with van der Waals surface area (Å²) < 4.78 is 1.86. The maximum absolute atomic E-state index is 6.12. The summed E-state index contributed by atoms with van der Waals surface area (Å²) in [6.07, 6.45) is 3.43. The van der Waals surface area contributed by atoms with Crippen molar-refractivity contribution in [2.45, 2.75) is 19.5 Å². The zero-order valence-electron chi connectivity index (χ0n) is 9.47. The minimum absolute atomic E-state index is 0.258. The molecular formula is C11H14ClN5. The predicted octanol–water partition coefficient (Wildman–Crippen LogP) is 1.50. The van der Waals surface area contributed by atoms with Crippen molar-refractivity contribution in [1.29, 1.82) is 0 Å². The van der Waals surface area contributed by atoms with E-state index in [4.69, 9.17) is 17.4 Å². The number of nitrogens with one attached hydrogen (secondary N) is 1. The minimum Gasteiger partial charge on any atom is -0.270 e. The number of pyridine rings is 1. The quantitative estimate of drug-likeness (QED) is 0.638. The zero-order chi connectivity index (χ0) is 12.3. The van der Waals surface area contributed by atoms with Crippen molar-refractivity contribution in [3.63, 3.8) is 0 Å². The molecule has 0 bridgehead atoms. The van der Waals surface area contributed by atoms with Crippen LogP contribution in [-0.4, -0.2) is 14.8 Å². The largest absolute Gasteiger partial charge is 0.270 e. The van der Waals surface area contributed by atoms with E-state index in [-0.39, 0.29) is 6.04 Å². The van der Waals surface area contributed by atoms with Crippen molar-refractivity contribution in [2.75, 3.05) is 0 Å². The van der Waals surface area contributed by atoms with Gasteiger partial charge in [-0.2, -0.15) is 5.10 Å². The summed E-state index contributed by atoms with van der Waals surface area (Å²) in [6, 6.07) is 5.22. The summed E-state index contributed by atoms with van der Waals surface area (Å²) in [7, 11) is 0. The molecule has 0 saturated heterocycles. The van der Waals surface area contributed by atoms with Gasteiger partial charge in [-0.15, -0.1) is 0 Å². The van der Waals surface area contributed by atoms with E-state index in [0.717, 1.165) is 12.2 Å². The fraction of sp³-hybridized carbons (Fsp3) is 0.273. The third kappa shape index (κ3) is 2.31. The molecule has 0 fully saturated rings. The molecule has 17 heavy (non-hydrogen) atoms. The first-order chi connectivity index (χ1) is 8.27. The van der Waals surface area contributed by atoms with Gasteiger partial charge in [-0.1, -0.05) is 11.6 Å². The number of aromatic nitrogens is 3. The van der Waals surface area contributed by atoms with Crippen molar-refractivity contribution in [1.82, 2.24) is 20.2 Å². The molecule has 0 aliphatic carbocycles. The third-order valence-electron chi connectivity index (χ3n) is 2.57. The number of nitrogens with zero attached hydrogens (tertiary/aromatic N) is 3. The molecular weight excluding hydrogens is 238 g/mol. The molecule has 0 saturated carbocycles. The Morgan fingerprint density at radius 1 is 1.47 bits per heavy atom. The standard InChI is InChI=1S/C11H14ClN5/c1-2-17-9(5-7-15-17)11(16-13)10-8(12)4-3-6-14-10/h3-7,11,16H,2,13H2,1H3. The number of nitrogens with two attached hydrogens (primary N) is 1. The minimum atomic E-state index is -0.258. The van der Waals surface area contributed by atoms with Gasteiger partial charge in [-0.25, -0.2) is 5.43 Å². The highest BCUT2D eigenvalue weighted by atomic mass is 35.5. The van der Waals surface area contributed by atoms with Gasteiger partial charge in [-0.05, 0) is 25.1 Å². The van der Waals surface area contributed by atoms with Gasteiger partial charge in [0.15, 0.2) is 0 Å². The van der Waals surface area contributed by atoms with Crippen molar-refractivity contribution in [2.24, 2.45) is 5.84 Å². The number of aryl methyl sites for hydroxylation is 1. The number of halogens is 1. The van der Waals surface area contributed by atoms with Gasteiger partial charge < -0.3 is 0 Å². The molecule has 1 atom stereocenters. The van der Waals surface area contributed by atoms with E-state index in [0.29, 0.717) is 10.7 Å². The van der Waals surface area contributed by atoms with Crippen LogP contribution < -0.4 is 11.3 Å². The van der Waals surface area contributed by atoms with E-state index in [9.17, 15) is 0 Å². The van der Waals surface area contributed by atoms with Crippen molar-refractivity contribution in [3.8, 4) is 0 Å². The summed E-state index contributed by atoms with van der Waals surface area (Å²) in [4.78, 5) is 4.27. The Morgan fingerprint density at radius 3 is 2.94 bits per heavy atom. The molecule has 90 valence electrons. The summed E-state index contributed by atoms with van der Waals surface area (Å²) in [5, 5.41) is 4.79. The molecule has 0 aliphatic rings. The number of hydrogen-bond donors (Lipinski definition) is 2. The summed E-state index contributed by atoms with van der Waals surface area (Å²) in [5.41, 5.74) is 4.37. The molecule has 0 radical (unpaired) electrons. The predicted molar refractivity (Wildman–Crippen MR) is 66.3 cm³/mol. The molecule has 0 aliphatic heterocycles. The van der Waals surface area contributed by atoms with Gasteiger partial charge in [0.05, 0.1) is 16.4 Å². The molecule has 3 N–H and O–H groups in total. The van der Waals surface area contributed by atoms with Crippen LogP contribution in [0.5, 0.6) is 0 Å². The summed E-state index contributed by atoms with van der Waals surface area (Å²) >= 11 is 6.12. The highest BCUT2D eigenvalue weighted by molar-refractivity contribution is 6.31. The van der Waals surface area contributed by atoms with Gasteiger partial charge in [0.1, 0.15) is 6.04 Å². The highest BCUT2D eigenvalue weighted by Crippen LogP contribution is 2.25. The molecule has 1 unspecified atom stereocenters. The second-order valence-corrected chi connectivity index (χ2v) is 3.95. The zero-order valence-corrected chi connectivity index (χ0v) is 10.2. The first kappa shape index (κ1) is 12.0. The molecule has 2 heterocycles. The van der Waals surface area contributed by atoms with Crippen LogP contribution in [0.3, 0.4) is 0 Å². The molecule has 0 aromatic carbocycles. The smallest absolute Gasteiger partial charge is 0.106 e. The maximum Gasteiger partial charge on any atom is 0.106 e. The highest BCUT2D eigenvalue weighted by Gasteiger charge is 2.20.